The molecule has 2 aromatic carbocycles. The number of nitrogens with one attached hydrogen (secondary N) is 1. The van der Waals surface area contributed by atoms with Gasteiger partial charge in [-0.3, -0.25) is 4.79 Å². The van der Waals surface area contributed by atoms with Crippen molar-refractivity contribution in [1.82, 2.24) is 5.32 Å². The molecule has 0 saturated carbocycles. The Morgan fingerprint density at radius 1 is 1.09 bits per heavy atom. The maximum atomic E-state index is 12.6. The van der Waals surface area contributed by atoms with Crippen molar-refractivity contribution in [3.8, 4) is 5.75 Å². The lowest BCUT2D eigenvalue weighted by Gasteiger charge is -2.16. The molecule has 0 aliphatic heterocycles. The fourth-order valence-electron chi connectivity index (χ4n) is 2.14. The maximum Gasteiger partial charge on any atom is 0.196 e. The Morgan fingerprint density at radius 2 is 1.74 bits per heavy atom. The summed E-state index contributed by atoms with van der Waals surface area (Å²) in [6.45, 7) is 4.62. The molecule has 2 rings (SSSR count). The Balaban J connectivity index is 2.05. The summed E-state index contributed by atoms with van der Waals surface area (Å²) < 4.78 is 5.66. The molecule has 0 saturated heterocycles. The summed E-state index contributed by atoms with van der Waals surface area (Å²) in [5, 5.41) is 13.1. The molecule has 0 spiro atoms. The Kier molecular flexibility index (Phi) is 6.32. The van der Waals surface area contributed by atoms with E-state index in [9.17, 15) is 9.90 Å². The summed E-state index contributed by atoms with van der Waals surface area (Å²) in [4.78, 5) is 12.6. The molecule has 0 amide bonds. The summed E-state index contributed by atoms with van der Waals surface area (Å²) in [5.74, 6) is 0.404. The summed E-state index contributed by atoms with van der Waals surface area (Å²) >= 11 is 0. The zero-order valence-corrected chi connectivity index (χ0v) is 13.5. The van der Waals surface area contributed by atoms with Gasteiger partial charge in [0.25, 0.3) is 0 Å². The zero-order valence-electron chi connectivity index (χ0n) is 13.5. The topological polar surface area (TPSA) is 58.6 Å². The van der Waals surface area contributed by atoms with Crippen LogP contribution in [0.2, 0.25) is 0 Å². The maximum absolute atomic E-state index is 12.6. The Hall–Kier alpha value is -2.17. The van der Waals surface area contributed by atoms with Crippen molar-refractivity contribution < 1.29 is 14.6 Å². The van der Waals surface area contributed by atoms with Gasteiger partial charge in [-0.2, -0.15) is 0 Å². The highest BCUT2D eigenvalue weighted by molar-refractivity contribution is 6.10. The predicted octanol–water partition coefficient (Wildman–Crippen LogP) is 2.66. The molecule has 0 aliphatic rings. The van der Waals surface area contributed by atoms with Gasteiger partial charge < -0.3 is 15.2 Å². The number of benzene rings is 2. The number of carbonyl (C=O) groups is 1. The number of aliphatic hydroxyl groups is 1. The van der Waals surface area contributed by atoms with Crippen LogP contribution in [-0.4, -0.2) is 36.2 Å². The van der Waals surface area contributed by atoms with Crippen LogP contribution in [0, 0.1) is 0 Å². The summed E-state index contributed by atoms with van der Waals surface area (Å²) in [6, 6.07) is 16.5. The van der Waals surface area contributed by atoms with Gasteiger partial charge in [-0.05, 0) is 12.1 Å². The lowest BCUT2D eigenvalue weighted by atomic mass is 10.0. The number of ketones is 1. The minimum atomic E-state index is -0.628. The van der Waals surface area contributed by atoms with E-state index in [2.05, 4.69) is 5.32 Å². The standard InChI is InChI=1S/C19H23NO3/c1-14(2)20-12-16(21)13-23-18-11-7-6-10-17(18)19(22)15-8-4-3-5-9-15/h3-11,14,16,20-21H,12-13H2,1-2H3/t16-/m1/s1. The van der Waals surface area contributed by atoms with Crippen LogP contribution < -0.4 is 10.1 Å². The number of hydrogen-bond donors (Lipinski definition) is 2. The third-order valence-corrected chi connectivity index (χ3v) is 3.36. The monoisotopic (exact) mass is 313 g/mol. The number of ether oxygens (including phenoxy) is 1. The Morgan fingerprint density at radius 3 is 2.43 bits per heavy atom. The highest BCUT2D eigenvalue weighted by atomic mass is 16.5. The molecule has 0 aromatic heterocycles. The normalized spacial score (nSPS) is 12.2. The van der Waals surface area contributed by atoms with Crippen LogP contribution in [0.25, 0.3) is 0 Å². The molecule has 4 heteroatoms. The molecule has 2 aromatic rings. The van der Waals surface area contributed by atoms with E-state index in [1.807, 2.05) is 38.1 Å². The van der Waals surface area contributed by atoms with Crippen molar-refractivity contribution in [3.63, 3.8) is 0 Å². The number of hydrogen-bond acceptors (Lipinski definition) is 4. The third kappa shape index (κ3) is 5.20. The Labute approximate surface area is 137 Å². The molecule has 122 valence electrons. The van der Waals surface area contributed by atoms with Gasteiger partial charge in [-0.15, -0.1) is 0 Å². The second-order valence-electron chi connectivity index (χ2n) is 5.72. The first-order valence-electron chi connectivity index (χ1n) is 7.81. The van der Waals surface area contributed by atoms with Crippen LogP contribution in [0.15, 0.2) is 54.6 Å². The minimum absolute atomic E-state index is 0.0870. The van der Waals surface area contributed by atoms with Crippen LogP contribution in [0.5, 0.6) is 5.75 Å². The van der Waals surface area contributed by atoms with Gasteiger partial charge in [-0.25, -0.2) is 0 Å². The van der Waals surface area contributed by atoms with Gasteiger partial charge in [0, 0.05) is 18.2 Å². The van der Waals surface area contributed by atoms with Gasteiger partial charge in [0.2, 0.25) is 0 Å². The van der Waals surface area contributed by atoms with Crippen molar-refractivity contribution >= 4 is 5.78 Å². The van der Waals surface area contributed by atoms with Crippen molar-refractivity contribution in [3.05, 3.63) is 65.7 Å². The summed E-state index contributed by atoms with van der Waals surface area (Å²) in [7, 11) is 0. The predicted molar refractivity (Wildman–Crippen MR) is 91.0 cm³/mol. The quantitative estimate of drug-likeness (QED) is 0.736. The molecule has 23 heavy (non-hydrogen) atoms. The highest BCUT2D eigenvalue weighted by Gasteiger charge is 2.15. The van der Waals surface area contributed by atoms with E-state index in [0.29, 0.717) is 29.5 Å². The highest BCUT2D eigenvalue weighted by Crippen LogP contribution is 2.21. The average molecular weight is 313 g/mol. The fourth-order valence-corrected chi connectivity index (χ4v) is 2.14. The molecule has 0 radical (unpaired) electrons. The van der Waals surface area contributed by atoms with Gasteiger partial charge in [-0.1, -0.05) is 56.3 Å². The van der Waals surface area contributed by atoms with Crippen LogP contribution in [0.4, 0.5) is 0 Å². The van der Waals surface area contributed by atoms with E-state index in [1.165, 1.54) is 0 Å². The molecule has 0 aliphatic carbocycles. The van der Waals surface area contributed by atoms with Gasteiger partial charge in [0.05, 0.1) is 5.56 Å². The minimum Gasteiger partial charge on any atom is -0.490 e. The SMILES string of the molecule is CC(C)NC[C@@H](O)COc1ccccc1C(=O)c1ccccc1. The van der Waals surface area contributed by atoms with E-state index < -0.39 is 6.10 Å². The third-order valence-electron chi connectivity index (χ3n) is 3.36. The number of para-hydroxylation sites is 1. The lowest BCUT2D eigenvalue weighted by molar-refractivity contribution is 0.0982. The Bertz CT molecular complexity index is 626. The molecule has 2 N–H and O–H groups in total. The lowest BCUT2D eigenvalue weighted by Crippen LogP contribution is -2.35. The van der Waals surface area contributed by atoms with Crippen LogP contribution >= 0.6 is 0 Å². The van der Waals surface area contributed by atoms with E-state index in [4.69, 9.17) is 4.74 Å². The van der Waals surface area contributed by atoms with Crippen LogP contribution in [-0.2, 0) is 0 Å². The molecule has 1 atom stereocenters. The van der Waals surface area contributed by atoms with Gasteiger partial charge in [0.15, 0.2) is 5.78 Å². The molecule has 0 fully saturated rings. The second-order valence-corrected chi connectivity index (χ2v) is 5.72. The van der Waals surface area contributed by atoms with Crippen molar-refractivity contribution in [2.75, 3.05) is 13.2 Å². The van der Waals surface area contributed by atoms with Gasteiger partial charge >= 0.3 is 0 Å². The van der Waals surface area contributed by atoms with Crippen molar-refractivity contribution in [2.45, 2.75) is 26.0 Å². The smallest absolute Gasteiger partial charge is 0.196 e. The first-order chi connectivity index (χ1) is 11.1. The molecule has 0 heterocycles. The average Bonchev–Trinajstić information content (AvgIpc) is 2.58. The van der Waals surface area contributed by atoms with E-state index >= 15 is 0 Å². The number of carbonyl (C=O) groups excluding carboxylic acids is 1. The molecular weight excluding hydrogens is 290 g/mol. The second kappa shape index (κ2) is 8.46. The molecular formula is C19H23NO3. The van der Waals surface area contributed by atoms with Crippen molar-refractivity contribution in [2.24, 2.45) is 0 Å². The molecule has 0 unspecified atom stereocenters. The number of rotatable bonds is 8. The van der Waals surface area contributed by atoms with E-state index in [-0.39, 0.29) is 12.4 Å². The largest absolute Gasteiger partial charge is 0.490 e. The van der Waals surface area contributed by atoms with E-state index in [0.717, 1.165) is 0 Å². The van der Waals surface area contributed by atoms with Crippen LogP contribution in [0.3, 0.4) is 0 Å². The van der Waals surface area contributed by atoms with E-state index in [1.54, 1.807) is 30.3 Å². The van der Waals surface area contributed by atoms with Crippen LogP contribution in [0.1, 0.15) is 29.8 Å². The fraction of sp³-hybridized carbons (Fsp3) is 0.316. The summed E-state index contributed by atoms with van der Waals surface area (Å²) in [6.07, 6.45) is -0.628. The number of aliphatic hydroxyl groups excluding tert-OH is 1. The van der Waals surface area contributed by atoms with Gasteiger partial charge in [0.1, 0.15) is 18.5 Å². The molecule has 0 bridgehead atoms. The molecule has 4 nitrogen and oxygen atoms in total. The summed E-state index contributed by atoms with van der Waals surface area (Å²) in [5.41, 5.74) is 1.12. The van der Waals surface area contributed by atoms with Crippen molar-refractivity contribution in [1.29, 1.82) is 0 Å². The first kappa shape index (κ1) is 17.2. The zero-order chi connectivity index (χ0) is 16.7. The first-order valence-corrected chi connectivity index (χ1v) is 7.81.